The summed E-state index contributed by atoms with van der Waals surface area (Å²) in [5.74, 6) is 0.115. The summed E-state index contributed by atoms with van der Waals surface area (Å²) < 4.78 is 0. The maximum atomic E-state index is 12.8. The second-order valence-electron chi connectivity index (χ2n) is 9.76. The van der Waals surface area contributed by atoms with E-state index in [4.69, 9.17) is 4.98 Å². The molecule has 2 heterocycles. The number of nitrogens with one attached hydrogen (secondary N) is 1. The summed E-state index contributed by atoms with van der Waals surface area (Å²) >= 11 is 0. The van der Waals surface area contributed by atoms with Crippen molar-refractivity contribution in [2.24, 2.45) is 5.41 Å². The van der Waals surface area contributed by atoms with Gasteiger partial charge in [0.15, 0.2) is 5.78 Å². The number of imide groups is 1. The zero-order chi connectivity index (χ0) is 22.9. The van der Waals surface area contributed by atoms with Gasteiger partial charge in [0, 0.05) is 35.7 Å². The van der Waals surface area contributed by atoms with Gasteiger partial charge < -0.3 is 0 Å². The predicted octanol–water partition coefficient (Wildman–Crippen LogP) is 5.02. The lowest BCUT2D eigenvalue weighted by molar-refractivity contribution is -0.128. The number of aryl methyl sites for hydroxylation is 2. The van der Waals surface area contributed by atoms with E-state index in [1.165, 1.54) is 36.9 Å². The van der Waals surface area contributed by atoms with Gasteiger partial charge in [-0.3, -0.25) is 24.7 Å². The summed E-state index contributed by atoms with van der Waals surface area (Å²) in [6, 6.07) is 11.8. The molecule has 5 heteroatoms. The zero-order valence-electron chi connectivity index (χ0n) is 19.2. The number of carbonyl (C=O) groups is 3. The van der Waals surface area contributed by atoms with Gasteiger partial charge in [0.05, 0.1) is 5.41 Å². The van der Waals surface area contributed by atoms with Crippen LogP contribution in [0.15, 0.2) is 36.4 Å². The van der Waals surface area contributed by atoms with Gasteiger partial charge in [-0.05, 0) is 62.3 Å². The van der Waals surface area contributed by atoms with Crippen molar-refractivity contribution < 1.29 is 14.4 Å². The standard InChI is InChI=1S/C27H32N2O3/c1-17-14-19(15-23(28-17)21-6-4-5-7-21)8-13-24(30)22-11-9-20(10-12-22)18(2)27(3)16-25(31)29-26(27)32/h9-12,14-15,18,21H,4-8,13,16H2,1-3H3,(H,29,31,32)/t18-,27+/m1/s1. The molecular formula is C27H32N2O3. The minimum absolute atomic E-state index is 0.112. The van der Waals surface area contributed by atoms with E-state index >= 15 is 0 Å². The first-order valence-electron chi connectivity index (χ1n) is 11.7. The molecule has 0 unspecified atom stereocenters. The summed E-state index contributed by atoms with van der Waals surface area (Å²) in [5.41, 5.74) is 4.28. The van der Waals surface area contributed by atoms with Gasteiger partial charge >= 0.3 is 0 Å². The fourth-order valence-corrected chi connectivity index (χ4v) is 5.15. The van der Waals surface area contributed by atoms with Crippen LogP contribution in [-0.2, 0) is 16.0 Å². The average molecular weight is 433 g/mol. The average Bonchev–Trinajstić information content (AvgIpc) is 3.40. The van der Waals surface area contributed by atoms with Gasteiger partial charge in [-0.15, -0.1) is 0 Å². The van der Waals surface area contributed by atoms with Crippen molar-refractivity contribution in [3.63, 3.8) is 0 Å². The van der Waals surface area contributed by atoms with E-state index in [0.717, 1.165) is 11.3 Å². The van der Waals surface area contributed by atoms with Crippen LogP contribution in [-0.4, -0.2) is 22.6 Å². The molecule has 0 bridgehead atoms. The minimum atomic E-state index is -0.751. The summed E-state index contributed by atoms with van der Waals surface area (Å²) in [4.78, 5) is 41.5. The van der Waals surface area contributed by atoms with Crippen LogP contribution in [0.5, 0.6) is 0 Å². The van der Waals surface area contributed by atoms with Crippen molar-refractivity contribution in [1.29, 1.82) is 0 Å². The molecule has 1 N–H and O–H groups in total. The maximum absolute atomic E-state index is 12.8. The second-order valence-corrected chi connectivity index (χ2v) is 9.76. The molecule has 2 aromatic rings. The zero-order valence-corrected chi connectivity index (χ0v) is 19.2. The van der Waals surface area contributed by atoms with Crippen molar-refractivity contribution in [2.45, 2.75) is 77.6 Å². The highest BCUT2D eigenvalue weighted by Crippen LogP contribution is 2.41. The van der Waals surface area contributed by atoms with Crippen molar-refractivity contribution >= 4 is 17.6 Å². The van der Waals surface area contributed by atoms with Gasteiger partial charge in [0.25, 0.3) is 0 Å². The molecule has 4 rings (SSSR count). The number of hydrogen-bond donors (Lipinski definition) is 1. The van der Waals surface area contributed by atoms with Gasteiger partial charge in [0.2, 0.25) is 11.8 Å². The Hall–Kier alpha value is -2.82. The number of ketones is 1. The Kier molecular flexibility index (Phi) is 6.27. The number of amides is 2. The number of aromatic nitrogens is 1. The van der Waals surface area contributed by atoms with E-state index < -0.39 is 5.41 Å². The van der Waals surface area contributed by atoms with Crippen LogP contribution in [0.2, 0.25) is 0 Å². The normalized spacial score (nSPS) is 22.2. The molecule has 1 aromatic carbocycles. The van der Waals surface area contributed by atoms with E-state index in [-0.39, 0.29) is 29.9 Å². The molecule has 2 atom stereocenters. The highest BCUT2D eigenvalue weighted by molar-refractivity contribution is 6.06. The first kappa shape index (κ1) is 22.4. The van der Waals surface area contributed by atoms with Crippen molar-refractivity contribution in [1.82, 2.24) is 10.3 Å². The van der Waals surface area contributed by atoms with Crippen LogP contribution in [0, 0.1) is 12.3 Å². The number of Topliss-reactive ketones (excluding diaryl/α,β-unsaturated/α-hetero) is 1. The molecule has 1 saturated carbocycles. The molecule has 168 valence electrons. The van der Waals surface area contributed by atoms with Crippen LogP contribution in [0.4, 0.5) is 0 Å². The van der Waals surface area contributed by atoms with Gasteiger partial charge in [-0.1, -0.05) is 44.0 Å². The lowest BCUT2D eigenvalue weighted by Gasteiger charge is -2.28. The van der Waals surface area contributed by atoms with E-state index in [9.17, 15) is 14.4 Å². The molecule has 1 aliphatic carbocycles. The lowest BCUT2D eigenvalue weighted by atomic mass is 9.73. The molecular weight excluding hydrogens is 400 g/mol. The molecule has 2 fully saturated rings. The Labute approximate surface area is 190 Å². The fraction of sp³-hybridized carbons (Fsp3) is 0.481. The SMILES string of the molecule is Cc1cc(CCC(=O)c2ccc([C@@H](C)[C@]3(C)CC(=O)NC3=O)cc2)cc(C2CCCC2)n1. The third kappa shape index (κ3) is 4.52. The molecule has 1 aromatic heterocycles. The van der Waals surface area contributed by atoms with E-state index in [0.29, 0.717) is 24.3 Å². The number of carbonyl (C=O) groups excluding carboxylic acids is 3. The number of benzene rings is 1. The number of nitrogens with zero attached hydrogens (tertiary/aromatic N) is 1. The summed E-state index contributed by atoms with van der Waals surface area (Å²) in [6.07, 6.45) is 6.36. The number of hydrogen-bond acceptors (Lipinski definition) is 4. The highest BCUT2D eigenvalue weighted by Gasteiger charge is 2.46. The highest BCUT2D eigenvalue weighted by atomic mass is 16.2. The second kappa shape index (κ2) is 8.97. The fourth-order valence-electron chi connectivity index (χ4n) is 5.15. The Balaban J connectivity index is 1.40. The molecule has 0 spiro atoms. The summed E-state index contributed by atoms with van der Waals surface area (Å²) in [6.45, 7) is 5.82. The molecule has 0 radical (unpaired) electrons. The van der Waals surface area contributed by atoms with E-state index in [2.05, 4.69) is 17.4 Å². The van der Waals surface area contributed by atoms with E-state index in [1.54, 1.807) is 0 Å². The molecule has 32 heavy (non-hydrogen) atoms. The largest absolute Gasteiger partial charge is 0.296 e. The molecule has 2 aliphatic rings. The Bertz CT molecular complexity index is 1040. The van der Waals surface area contributed by atoms with Crippen LogP contribution >= 0.6 is 0 Å². The van der Waals surface area contributed by atoms with Crippen molar-refractivity contribution in [3.05, 3.63) is 64.5 Å². The predicted molar refractivity (Wildman–Crippen MR) is 124 cm³/mol. The molecule has 1 aliphatic heterocycles. The lowest BCUT2D eigenvalue weighted by Crippen LogP contribution is -2.33. The summed E-state index contributed by atoms with van der Waals surface area (Å²) in [7, 11) is 0. The first-order valence-corrected chi connectivity index (χ1v) is 11.7. The first-order chi connectivity index (χ1) is 15.3. The molecule has 5 nitrogen and oxygen atoms in total. The number of pyridine rings is 1. The van der Waals surface area contributed by atoms with E-state index in [1.807, 2.05) is 45.0 Å². The quantitative estimate of drug-likeness (QED) is 0.492. The van der Waals surface area contributed by atoms with Crippen LogP contribution < -0.4 is 5.32 Å². The Morgan fingerprint density at radius 1 is 1.16 bits per heavy atom. The minimum Gasteiger partial charge on any atom is -0.296 e. The Morgan fingerprint density at radius 2 is 1.84 bits per heavy atom. The number of rotatable bonds is 7. The van der Waals surface area contributed by atoms with Crippen molar-refractivity contribution in [3.8, 4) is 0 Å². The van der Waals surface area contributed by atoms with Crippen LogP contribution in [0.3, 0.4) is 0 Å². The van der Waals surface area contributed by atoms with Gasteiger partial charge in [0.1, 0.15) is 0 Å². The Morgan fingerprint density at radius 3 is 2.47 bits per heavy atom. The third-order valence-electron chi connectivity index (χ3n) is 7.44. The summed E-state index contributed by atoms with van der Waals surface area (Å²) in [5, 5.41) is 2.41. The third-order valence-corrected chi connectivity index (χ3v) is 7.44. The van der Waals surface area contributed by atoms with Crippen molar-refractivity contribution in [2.75, 3.05) is 0 Å². The van der Waals surface area contributed by atoms with Gasteiger partial charge in [-0.2, -0.15) is 0 Å². The molecule has 1 saturated heterocycles. The van der Waals surface area contributed by atoms with Crippen LogP contribution in [0.1, 0.15) is 97.1 Å². The van der Waals surface area contributed by atoms with Crippen LogP contribution in [0.25, 0.3) is 0 Å². The molecule has 2 amide bonds. The topological polar surface area (TPSA) is 76.1 Å². The monoisotopic (exact) mass is 432 g/mol. The smallest absolute Gasteiger partial charge is 0.233 e. The van der Waals surface area contributed by atoms with Gasteiger partial charge in [-0.25, -0.2) is 0 Å². The maximum Gasteiger partial charge on any atom is 0.233 e.